The van der Waals surface area contributed by atoms with Crippen molar-refractivity contribution in [3.8, 4) is 0 Å². The largest absolute Gasteiger partial charge is 0.302 e. The summed E-state index contributed by atoms with van der Waals surface area (Å²) in [5, 5.41) is 3.55. The summed E-state index contributed by atoms with van der Waals surface area (Å²) in [4.78, 5) is 8.69. The highest BCUT2D eigenvalue weighted by atomic mass is 79.9. The van der Waals surface area contributed by atoms with E-state index in [1.165, 1.54) is 5.56 Å². The monoisotopic (exact) mass is 319 g/mol. The molecule has 3 nitrogen and oxygen atoms in total. The van der Waals surface area contributed by atoms with Crippen LogP contribution in [0.1, 0.15) is 42.9 Å². The minimum absolute atomic E-state index is 0.173. The highest BCUT2D eigenvalue weighted by Gasteiger charge is 2.14. The van der Waals surface area contributed by atoms with E-state index in [9.17, 15) is 0 Å². The van der Waals surface area contributed by atoms with E-state index in [4.69, 9.17) is 0 Å². The van der Waals surface area contributed by atoms with Gasteiger partial charge >= 0.3 is 0 Å². The van der Waals surface area contributed by atoms with Gasteiger partial charge in [0.05, 0.1) is 11.4 Å². The zero-order chi connectivity index (χ0) is 13.8. The van der Waals surface area contributed by atoms with E-state index in [2.05, 4.69) is 69.3 Å². The van der Waals surface area contributed by atoms with Crippen molar-refractivity contribution in [3.63, 3.8) is 0 Å². The van der Waals surface area contributed by atoms with Gasteiger partial charge in [-0.1, -0.05) is 28.1 Å². The maximum atomic E-state index is 4.41. The van der Waals surface area contributed by atoms with Gasteiger partial charge in [0.1, 0.15) is 0 Å². The Labute approximate surface area is 122 Å². The van der Waals surface area contributed by atoms with Gasteiger partial charge in [-0.05, 0) is 38.5 Å². The summed E-state index contributed by atoms with van der Waals surface area (Å²) in [6, 6.07) is 8.81. The summed E-state index contributed by atoms with van der Waals surface area (Å²) in [6.07, 6.45) is 3.47. The molecule has 0 aliphatic carbocycles. The van der Waals surface area contributed by atoms with Crippen LogP contribution in [0.3, 0.4) is 0 Å². The summed E-state index contributed by atoms with van der Waals surface area (Å²) in [5.74, 6) is 0. The number of aryl methyl sites for hydroxylation is 1. The zero-order valence-electron chi connectivity index (χ0n) is 11.4. The molecular formula is C15H18BrN3. The van der Waals surface area contributed by atoms with E-state index in [0.717, 1.165) is 15.9 Å². The molecule has 2 aromatic rings. The quantitative estimate of drug-likeness (QED) is 0.926. The Bertz CT molecular complexity index is 539. The highest BCUT2D eigenvalue weighted by molar-refractivity contribution is 9.10. The van der Waals surface area contributed by atoms with Crippen molar-refractivity contribution in [1.29, 1.82) is 0 Å². The fourth-order valence-corrected chi connectivity index (χ4v) is 2.41. The fourth-order valence-electron chi connectivity index (χ4n) is 2.15. The van der Waals surface area contributed by atoms with E-state index in [0.29, 0.717) is 0 Å². The number of rotatable bonds is 4. The lowest BCUT2D eigenvalue weighted by Gasteiger charge is -2.21. The average Bonchev–Trinajstić information content (AvgIpc) is 2.39. The zero-order valence-corrected chi connectivity index (χ0v) is 13.0. The van der Waals surface area contributed by atoms with Crippen LogP contribution in [0.4, 0.5) is 0 Å². The molecule has 0 aliphatic heterocycles. The minimum Gasteiger partial charge on any atom is -0.302 e. The van der Waals surface area contributed by atoms with Crippen LogP contribution in [0.25, 0.3) is 0 Å². The first-order valence-corrected chi connectivity index (χ1v) is 7.16. The smallest absolute Gasteiger partial charge is 0.0782 e. The van der Waals surface area contributed by atoms with E-state index >= 15 is 0 Å². The number of benzene rings is 1. The molecule has 19 heavy (non-hydrogen) atoms. The van der Waals surface area contributed by atoms with Gasteiger partial charge in [0, 0.05) is 29.0 Å². The molecule has 0 fully saturated rings. The van der Waals surface area contributed by atoms with Gasteiger partial charge in [-0.25, -0.2) is 0 Å². The Morgan fingerprint density at radius 1 is 1.00 bits per heavy atom. The van der Waals surface area contributed by atoms with Gasteiger partial charge in [0.15, 0.2) is 0 Å². The van der Waals surface area contributed by atoms with Crippen molar-refractivity contribution in [1.82, 2.24) is 15.3 Å². The Morgan fingerprint density at radius 2 is 1.63 bits per heavy atom. The van der Waals surface area contributed by atoms with Crippen LogP contribution in [-0.4, -0.2) is 9.97 Å². The molecule has 0 saturated heterocycles. The fraction of sp³-hybridized carbons (Fsp3) is 0.333. The molecule has 0 amide bonds. The normalized spacial score (nSPS) is 14.1. The maximum Gasteiger partial charge on any atom is 0.0782 e. The van der Waals surface area contributed by atoms with Gasteiger partial charge in [0.2, 0.25) is 0 Å². The maximum absolute atomic E-state index is 4.41. The first-order valence-electron chi connectivity index (χ1n) is 6.37. The predicted octanol–water partition coefficient (Wildman–Crippen LogP) is 3.96. The number of halogens is 1. The molecule has 0 radical (unpaired) electrons. The van der Waals surface area contributed by atoms with E-state index in [1.807, 2.05) is 6.92 Å². The Morgan fingerprint density at radius 3 is 2.26 bits per heavy atom. The minimum atomic E-state index is 0.173. The molecule has 0 spiro atoms. The lowest BCUT2D eigenvalue weighted by Crippen LogP contribution is -2.24. The molecule has 100 valence electrons. The van der Waals surface area contributed by atoms with Crippen LogP contribution in [-0.2, 0) is 0 Å². The third-order valence-corrected chi connectivity index (χ3v) is 3.73. The number of nitrogens with one attached hydrogen (secondary N) is 1. The lowest BCUT2D eigenvalue weighted by molar-refractivity contribution is 0.483. The Kier molecular flexibility index (Phi) is 4.66. The third kappa shape index (κ3) is 3.61. The van der Waals surface area contributed by atoms with Crippen LogP contribution in [0.5, 0.6) is 0 Å². The second kappa shape index (κ2) is 6.26. The molecule has 2 unspecified atom stereocenters. The molecule has 0 bridgehead atoms. The van der Waals surface area contributed by atoms with Crippen LogP contribution < -0.4 is 5.32 Å². The summed E-state index contributed by atoms with van der Waals surface area (Å²) >= 11 is 3.45. The van der Waals surface area contributed by atoms with Crippen LogP contribution >= 0.6 is 15.9 Å². The molecule has 2 atom stereocenters. The van der Waals surface area contributed by atoms with Crippen LogP contribution in [0.15, 0.2) is 41.1 Å². The number of hydrogen-bond donors (Lipinski definition) is 1. The predicted molar refractivity (Wildman–Crippen MR) is 80.9 cm³/mol. The van der Waals surface area contributed by atoms with Gasteiger partial charge in [-0.3, -0.25) is 9.97 Å². The highest BCUT2D eigenvalue weighted by Crippen LogP contribution is 2.20. The van der Waals surface area contributed by atoms with Crippen LogP contribution in [0.2, 0.25) is 0 Å². The van der Waals surface area contributed by atoms with Gasteiger partial charge in [-0.2, -0.15) is 0 Å². The second-order valence-corrected chi connectivity index (χ2v) is 5.60. The molecule has 2 rings (SSSR count). The Hall–Kier alpha value is -1.26. The van der Waals surface area contributed by atoms with Crippen molar-refractivity contribution in [2.24, 2.45) is 0 Å². The van der Waals surface area contributed by atoms with E-state index in [1.54, 1.807) is 12.4 Å². The summed E-state index contributed by atoms with van der Waals surface area (Å²) < 4.78 is 1.10. The topological polar surface area (TPSA) is 37.8 Å². The van der Waals surface area contributed by atoms with Crippen molar-refractivity contribution < 1.29 is 0 Å². The number of aromatic nitrogens is 2. The standard InChI is InChI=1S/C15H18BrN3/c1-10(13-4-6-14(16)7-5-13)19-12(3)15-11(2)17-8-9-18-15/h4-10,12,19H,1-3H3. The second-order valence-electron chi connectivity index (χ2n) is 4.69. The SMILES string of the molecule is Cc1nccnc1C(C)NC(C)c1ccc(Br)cc1. The van der Waals surface area contributed by atoms with E-state index < -0.39 is 0 Å². The molecular weight excluding hydrogens is 302 g/mol. The van der Waals surface area contributed by atoms with Gasteiger partial charge < -0.3 is 5.32 Å². The van der Waals surface area contributed by atoms with Crippen molar-refractivity contribution in [2.45, 2.75) is 32.9 Å². The van der Waals surface area contributed by atoms with Crippen LogP contribution in [0, 0.1) is 6.92 Å². The van der Waals surface area contributed by atoms with E-state index in [-0.39, 0.29) is 12.1 Å². The van der Waals surface area contributed by atoms with Gasteiger partial charge in [0.25, 0.3) is 0 Å². The summed E-state index contributed by atoms with van der Waals surface area (Å²) in [5.41, 5.74) is 3.24. The van der Waals surface area contributed by atoms with Crippen molar-refractivity contribution in [2.75, 3.05) is 0 Å². The lowest BCUT2D eigenvalue weighted by atomic mass is 10.1. The molecule has 1 heterocycles. The molecule has 0 saturated carbocycles. The number of hydrogen-bond acceptors (Lipinski definition) is 3. The molecule has 1 aromatic heterocycles. The summed E-state index contributed by atoms with van der Waals surface area (Å²) in [7, 11) is 0. The van der Waals surface area contributed by atoms with Crippen molar-refractivity contribution >= 4 is 15.9 Å². The molecule has 0 aliphatic rings. The average molecular weight is 320 g/mol. The third-order valence-electron chi connectivity index (χ3n) is 3.20. The molecule has 1 aromatic carbocycles. The number of nitrogens with zero attached hydrogens (tertiary/aromatic N) is 2. The molecule has 4 heteroatoms. The first-order chi connectivity index (χ1) is 9.08. The first kappa shape index (κ1) is 14.2. The van der Waals surface area contributed by atoms with Gasteiger partial charge in [-0.15, -0.1) is 0 Å². The summed E-state index contributed by atoms with van der Waals surface area (Å²) in [6.45, 7) is 6.27. The van der Waals surface area contributed by atoms with Crippen molar-refractivity contribution in [3.05, 3.63) is 58.1 Å². The Balaban J connectivity index is 2.08. The molecule has 1 N–H and O–H groups in total.